The van der Waals surface area contributed by atoms with Crippen LogP contribution in [0.25, 0.3) is 17.1 Å². The normalized spacial score (nSPS) is 10.9. The van der Waals surface area contributed by atoms with Crippen LogP contribution in [0.2, 0.25) is 0 Å². The SMILES string of the molecule is COc1ccc(/C=N/NC(=O)c2nnn(-c3nonc3N)c2-c2ccc([N+](=O)[O-])cc2)cc1OC. The molecule has 0 saturated heterocycles. The van der Waals surface area contributed by atoms with E-state index >= 15 is 0 Å². The summed E-state index contributed by atoms with van der Waals surface area (Å²) in [5.41, 5.74) is 8.99. The van der Waals surface area contributed by atoms with Crippen molar-refractivity contribution in [1.29, 1.82) is 0 Å². The minimum atomic E-state index is -0.712. The lowest BCUT2D eigenvalue weighted by molar-refractivity contribution is -0.384. The highest BCUT2D eigenvalue weighted by atomic mass is 16.6. The Kier molecular flexibility index (Phi) is 6.30. The number of nitro benzene ring substituents is 1. The molecule has 0 fully saturated rings. The number of carbonyl (C=O) groups is 1. The Morgan fingerprint density at radius 3 is 2.54 bits per heavy atom. The zero-order chi connectivity index (χ0) is 24.9. The molecule has 2 aromatic heterocycles. The van der Waals surface area contributed by atoms with Gasteiger partial charge in [0.05, 0.1) is 25.4 Å². The molecule has 0 aliphatic heterocycles. The van der Waals surface area contributed by atoms with Crippen molar-refractivity contribution in [3.8, 4) is 28.6 Å². The number of benzene rings is 2. The zero-order valence-electron chi connectivity index (χ0n) is 18.3. The van der Waals surface area contributed by atoms with E-state index < -0.39 is 10.8 Å². The number of rotatable bonds is 8. The average Bonchev–Trinajstić information content (AvgIpc) is 3.49. The number of nitrogens with two attached hydrogens (primary N) is 1. The highest BCUT2D eigenvalue weighted by Gasteiger charge is 2.25. The van der Waals surface area contributed by atoms with Crippen LogP contribution in [0.3, 0.4) is 0 Å². The van der Waals surface area contributed by atoms with E-state index in [0.717, 1.165) is 4.68 Å². The first-order valence-corrected chi connectivity index (χ1v) is 9.77. The van der Waals surface area contributed by atoms with Crippen molar-refractivity contribution < 1.29 is 23.8 Å². The molecule has 0 aliphatic rings. The number of anilines is 1. The van der Waals surface area contributed by atoms with E-state index in [4.69, 9.17) is 15.2 Å². The summed E-state index contributed by atoms with van der Waals surface area (Å²) in [4.78, 5) is 23.4. The van der Waals surface area contributed by atoms with Crippen molar-refractivity contribution in [2.45, 2.75) is 0 Å². The van der Waals surface area contributed by atoms with Crippen molar-refractivity contribution in [2.24, 2.45) is 5.10 Å². The van der Waals surface area contributed by atoms with Crippen LogP contribution in [-0.2, 0) is 0 Å². The third-order valence-corrected chi connectivity index (χ3v) is 4.72. The first-order valence-electron chi connectivity index (χ1n) is 9.77. The van der Waals surface area contributed by atoms with Crippen LogP contribution in [0.15, 0.2) is 52.2 Å². The molecule has 4 rings (SSSR count). The summed E-state index contributed by atoms with van der Waals surface area (Å²) in [5, 5.41) is 30.0. The van der Waals surface area contributed by atoms with E-state index in [2.05, 4.69) is 35.8 Å². The van der Waals surface area contributed by atoms with Crippen LogP contribution < -0.4 is 20.6 Å². The van der Waals surface area contributed by atoms with E-state index in [9.17, 15) is 14.9 Å². The quantitative estimate of drug-likeness (QED) is 0.211. The fraction of sp³-hybridized carbons (Fsp3) is 0.100. The monoisotopic (exact) mass is 479 g/mol. The maximum absolute atomic E-state index is 12.9. The predicted molar refractivity (Wildman–Crippen MR) is 120 cm³/mol. The van der Waals surface area contributed by atoms with Gasteiger partial charge in [0.15, 0.2) is 17.2 Å². The highest BCUT2D eigenvalue weighted by molar-refractivity contribution is 5.99. The van der Waals surface area contributed by atoms with Gasteiger partial charge < -0.3 is 15.2 Å². The van der Waals surface area contributed by atoms with Crippen LogP contribution in [-0.4, -0.2) is 56.6 Å². The number of methoxy groups -OCH3 is 2. The van der Waals surface area contributed by atoms with Gasteiger partial charge in [-0.25, -0.2) is 10.1 Å². The molecule has 0 radical (unpaired) electrons. The van der Waals surface area contributed by atoms with E-state index in [1.54, 1.807) is 18.2 Å². The smallest absolute Gasteiger partial charge is 0.294 e. The fourth-order valence-electron chi connectivity index (χ4n) is 3.07. The van der Waals surface area contributed by atoms with Crippen LogP contribution in [0.5, 0.6) is 11.5 Å². The van der Waals surface area contributed by atoms with Gasteiger partial charge in [0.25, 0.3) is 11.6 Å². The van der Waals surface area contributed by atoms with Crippen molar-refractivity contribution in [1.82, 2.24) is 30.7 Å². The van der Waals surface area contributed by atoms with Gasteiger partial charge in [0.2, 0.25) is 11.6 Å². The molecule has 0 spiro atoms. The molecule has 0 aliphatic carbocycles. The molecular formula is C20H17N9O6. The minimum Gasteiger partial charge on any atom is -0.493 e. The van der Waals surface area contributed by atoms with Crippen molar-refractivity contribution in [2.75, 3.05) is 20.0 Å². The van der Waals surface area contributed by atoms with E-state index in [-0.39, 0.29) is 28.7 Å². The Balaban J connectivity index is 1.66. The van der Waals surface area contributed by atoms with Crippen molar-refractivity contribution in [3.63, 3.8) is 0 Å². The molecule has 15 nitrogen and oxygen atoms in total. The Morgan fingerprint density at radius 2 is 1.91 bits per heavy atom. The Morgan fingerprint density at radius 1 is 1.17 bits per heavy atom. The summed E-state index contributed by atoms with van der Waals surface area (Å²) >= 11 is 0. The van der Waals surface area contributed by atoms with Crippen LogP contribution in [0, 0.1) is 10.1 Å². The number of hydrogen-bond acceptors (Lipinski definition) is 12. The third kappa shape index (κ3) is 4.58. The lowest BCUT2D eigenvalue weighted by Crippen LogP contribution is -2.19. The molecular weight excluding hydrogens is 462 g/mol. The lowest BCUT2D eigenvalue weighted by Gasteiger charge is -2.07. The Labute approximate surface area is 196 Å². The molecule has 4 aromatic rings. The largest absolute Gasteiger partial charge is 0.493 e. The van der Waals surface area contributed by atoms with Crippen LogP contribution in [0.4, 0.5) is 11.5 Å². The summed E-state index contributed by atoms with van der Waals surface area (Å²) in [6, 6.07) is 10.5. The summed E-state index contributed by atoms with van der Waals surface area (Å²) in [5.74, 6) is 0.205. The molecule has 3 N–H and O–H groups in total. The summed E-state index contributed by atoms with van der Waals surface area (Å²) in [6.45, 7) is 0. The molecule has 178 valence electrons. The van der Waals surface area contributed by atoms with E-state index in [0.29, 0.717) is 22.6 Å². The fourth-order valence-corrected chi connectivity index (χ4v) is 3.07. The molecule has 0 bridgehead atoms. The first kappa shape index (κ1) is 22.8. The summed E-state index contributed by atoms with van der Waals surface area (Å²) in [7, 11) is 3.02. The van der Waals surface area contributed by atoms with Gasteiger partial charge in [-0.2, -0.15) is 9.78 Å². The van der Waals surface area contributed by atoms with Crippen molar-refractivity contribution in [3.05, 3.63) is 63.8 Å². The number of nitrogens with one attached hydrogen (secondary N) is 1. The molecule has 1 amide bonds. The highest BCUT2D eigenvalue weighted by Crippen LogP contribution is 2.28. The standard InChI is InChI=1S/C20H17N9O6/c1-33-14-8-3-11(9-15(14)34-2)10-22-24-20(30)16-17(12-4-6-13(7-5-12)29(31)32)28(27-23-16)19-18(21)25-35-26-19/h3-10H,1-2H3,(H2,21,25)(H,24,30)/b22-10+. The summed E-state index contributed by atoms with van der Waals surface area (Å²) in [6.07, 6.45) is 1.40. The predicted octanol–water partition coefficient (Wildman–Crippen LogP) is 1.59. The number of aromatic nitrogens is 5. The number of nitrogens with zero attached hydrogens (tertiary/aromatic N) is 7. The summed E-state index contributed by atoms with van der Waals surface area (Å²) < 4.78 is 16.2. The second kappa shape index (κ2) is 9.65. The van der Waals surface area contributed by atoms with Gasteiger partial charge in [-0.3, -0.25) is 14.9 Å². The second-order valence-electron chi connectivity index (χ2n) is 6.79. The van der Waals surface area contributed by atoms with Gasteiger partial charge in [-0.05, 0) is 46.2 Å². The van der Waals surface area contributed by atoms with E-state index in [1.807, 2.05) is 0 Å². The second-order valence-corrected chi connectivity index (χ2v) is 6.79. The van der Waals surface area contributed by atoms with Crippen molar-refractivity contribution >= 4 is 23.6 Å². The topological polar surface area (TPSA) is 199 Å². The number of hydrogen-bond donors (Lipinski definition) is 2. The molecule has 35 heavy (non-hydrogen) atoms. The van der Waals surface area contributed by atoms with E-state index in [1.165, 1.54) is 44.7 Å². The maximum atomic E-state index is 12.9. The Bertz CT molecular complexity index is 1410. The number of nitrogen functional groups attached to an aromatic ring is 1. The average molecular weight is 479 g/mol. The number of ether oxygens (including phenoxy) is 2. The van der Waals surface area contributed by atoms with Gasteiger partial charge in [0.1, 0.15) is 5.69 Å². The first-order chi connectivity index (χ1) is 16.9. The third-order valence-electron chi connectivity index (χ3n) is 4.72. The maximum Gasteiger partial charge on any atom is 0.294 e. The minimum absolute atomic E-state index is 0.0151. The molecule has 2 heterocycles. The molecule has 0 saturated carbocycles. The van der Waals surface area contributed by atoms with Gasteiger partial charge in [0, 0.05) is 17.7 Å². The molecule has 2 aromatic carbocycles. The number of hydrazone groups is 1. The molecule has 0 atom stereocenters. The van der Waals surface area contributed by atoms with Crippen LogP contribution in [0.1, 0.15) is 16.1 Å². The number of amides is 1. The Hall–Kier alpha value is -5.34. The molecule has 15 heteroatoms. The number of non-ortho nitro benzene ring substituents is 1. The lowest BCUT2D eigenvalue weighted by atomic mass is 10.1. The number of carbonyl (C=O) groups excluding carboxylic acids is 1. The van der Waals surface area contributed by atoms with Crippen LogP contribution >= 0.6 is 0 Å². The van der Waals surface area contributed by atoms with Gasteiger partial charge >= 0.3 is 0 Å². The van der Waals surface area contributed by atoms with Gasteiger partial charge in [-0.1, -0.05) is 5.21 Å². The zero-order valence-corrected chi connectivity index (χ0v) is 18.3. The number of nitro groups is 1. The van der Waals surface area contributed by atoms with Gasteiger partial charge in [-0.15, -0.1) is 5.10 Å². The molecule has 0 unspecified atom stereocenters.